The molecule has 3 unspecified atom stereocenters. The lowest BCUT2D eigenvalue weighted by atomic mass is 10.0. The van der Waals surface area contributed by atoms with Crippen molar-refractivity contribution in [1.29, 1.82) is 0 Å². The first kappa shape index (κ1) is 6.41. The van der Waals surface area contributed by atoms with Gasteiger partial charge in [-0.15, -0.1) is 0 Å². The summed E-state index contributed by atoms with van der Waals surface area (Å²) in [5, 5.41) is 0. The van der Waals surface area contributed by atoms with Crippen LogP contribution in [0, 0.1) is 11.8 Å². The molecule has 0 spiro atoms. The fourth-order valence-electron chi connectivity index (χ4n) is 2.59. The topological polar surface area (TPSA) is 17.1 Å². The first-order chi connectivity index (χ1) is 5.92. The van der Waals surface area contributed by atoms with Gasteiger partial charge in [0.25, 0.3) is 0 Å². The van der Waals surface area contributed by atoms with Gasteiger partial charge in [0.2, 0.25) is 0 Å². The second-order valence-electron chi connectivity index (χ2n) is 3.81. The lowest BCUT2D eigenvalue weighted by Crippen LogP contribution is -1.93. The van der Waals surface area contributed by atoms with Gasteiger partial charge in [-0.3, -0.25) is 0 Å². The predicted molar refractivity (Wildman–Crippen MR) is 45.9 cm³/mol. The molecule has 2 aliphatic rings. The van der Waals surface area contributed by atoms with Gasteiger partial charge in [-0.05, 0) is 29.4 Å². The van der Waals surface area contributed by atoms with E-state index < -0.39 is 0 Å². The van der Waals surface area contributed by atoms with E-state index in [2.05, 4.69) is 24.3 Å². The zero-order valence-electron chi connectivity index (χ0n) is 6.73. The molecular weight excluding hydrogens is 148 g/mol. The maximum Gasteiger partial charge on any atom is 0.124 e. The third-order valence-electron chi connectivity index (χ3n) is 3.26. The van der Waals surface area contributed by atoms with E-state index in [0.717, 1.165) is 12.7 Å². The molecule has 0 saturated heterocycles. The highest BCUT2D eigenvalue weighted by molar-refractivity contribution is 5.65. The summed E-state index contributed by atoms with van der Waals surface area (Å²) in [6.07, 6.45) is 2.26. The van der Waals surface area contributed by atoms with Crippen LogP contribution in [0.25, 0.3) is 0 Å². The van der Waals surface area contributed by atoms with Gasteiger partial charge >= 0.3 is 0 Å². The Morgan fingerprint density at radius 3 is 3.00 bits per heavy atom. The van der Waals surface area contributed by atoms with E-state index in [1.54, 1.807) is 0 Å². The maximum absolute atomic E-state index is 10.6. The molecule has 1 fully saturated rings. The van der Waals surface area contributed by atoms with Gasteiger partial charge in [-0.2, -0.15) is 0 Å². The van der Waals surface area contributed by atoms with Gasteiger partial charge in [0, 0.05) is 5.92 Å². The zero-order valence-corrected chi connectivity index (χ0v) is 6.73. The van der Waals surface area contributed by atoms with Crippen LogP contribution >= 0.6 is 0 Å². The molecule has 1 nitrogen and oxygen atoms in total. The van der Waals surface area contributed by atoms with E-state index in [-0.39, 0.29) is 0 Å². The quantitative estimate of drug-likeness (QED) is 0.569. The van der Waals surface area contributed by atoms with Crippen LogP contribution < -0.4 is 0 Å². The number of rotatable bonds is 1. The predicted octanol–water partition coefficient (Wildman–Crippen LogP) is 1.77. The Labute approximate surface area is 71.4 Å². The molecule has 0 amide bonds. The fourth-order valence-corrected chi connectivity index (χ4v) is 2.59. The fraction of sp³-hybridized carbons (Fsp3) is 0.364. The summed E-state index contributed by atoms with van der Waals surface area (Å²) >= 11 is 0. The Hall–Kier alpha value is -1.11. The van der Waals surface area contributed by atoms with Crippen LogP contribution in [0.15, 0.2) is 24.3 Å². The molecule has 1 aromatic rings. The molecule has 0 aromatic heterocycles. The number of fused-ring (bicyclic) bond motifs is 3. The van der Waals surface area contributed by atoms with Gasteiger partial charge in [0.05, 0.1) is 0 Å². The Morgan fingerprint density at radius 1 is 1.33 bits per heavy atom. The highest BCUT2D eigenvalue weighted by Crippen LogP contribution is 2.60. The molecule has 3 rings (SSSR count). The Morgan fingerprint density at radius 2 is 2.17 bits per heavy atom. The minimum Gasteiger partial charge on any atom is -0.303 e. The van der Waals surface area contributed by atoms with Crippen LogP contribution in [-0.2, 0) is 11.2 Å². The molecule has 3 atom stereocenters. The van der Waals surface area contributed by atoms with Crippen molar-refractivity contribution in [3.8, 4) is 0 Å². The van der Waals surface area contributed by atoms with E-state index in [0.29, 0.717) is 17.8 Å². The van der Waals surface area contributed by atoms with Crippen molar-refractivity contribution in [3.05, 3.63) is 35.4 Å². The number of hydrogen-bond donors (Lipinski definition) is 0. The Kier molecular flexibility index (Phi) is 1.06. The van der Waals surface area contributed by atoms with Crippen molar-refractivity contribution >= 4 is 6.29 Å². The first-order valence-electron chi connectivity index (χ1n) is 4.45. The molecule has 0 bridgehead atoms. The molecule has 0 aliphatic heterocycles. The van der Waals surface area contributed by atoms with Crippen molar-refractivity contribution < 1.29 is 4.79 Å². The second-order valence-corrected chi connectivity index (χ2v) is 3.81. The van der Waals surface area contributed by atoms with E-state index in [9.17, 15) is 4.79 Å². The van der Waals surface area contributed by atoms with Crippen molar-refractivity contribution in [3.63, 3.8) is 0 Å². The van der Waals surface area contributed by atoms with Crippen LogP contribution in [0.4, 0.5) is 0 Å². The summed E-state index contributed by atoms with van der Waals surface area (Å²) in [6, 6.07) is 8.51. The molecule has 60 valence electrons. The smallest absolute Gasteiger partial charge is 0.124 e. The maximum atomic E-state index is 10.6. The minimum absolute atomic E-state index is 0.347. The summed E-state index contributed by atoms with van der Waals surface area (Å²) in [7, 11) is 0. The van der Waals surface area contributed by atoms with Crippen LogP contribution in [0.5, 0.6) is 0 Å². The second kappa shape index (κ2) is 1.98. The summed E-state index contributed by atoms with van der Waals surface area (Å²) < 4.78 is 0. The summed E-state index contributed by atoms with van der Waals surface area (Å²) in [6.45, 7) is 0. The Bertz CT molecular complexity index is 343. The Balaban J connectivity index is 2.05. The van der Waals surface area contributed by atoms with E-state index in [1.165, 1.54) is 11.1 Å². The molecule has 0 radical (unpaired) electrons. The largest absolute Gasteiger partial charge is 0.303 e. The van der Waals surface area contributed by atoms with E-state index in [4.69, 9.17) is 0 Å². The first-order valence-corrected chi connectivity index (χ1v) is 4.45. The standard InChI is InChI=1S/C11H10O/c12-6-10-9-5-7-3-1-2-4-8(7)11(9)10/h1-4,6,9-11H,5H2. The normalized spacial score (nSPS) is 35.5. The van der Waals surface area contributed by atoms with Gasteiger partial charge < -0.3 is 4.79 Å². The molecule has 12 heavy (non-hydrogen) atoms. The summed E-state index contributed by atoms with van der Waals surface area (Å²) in [5.74, 6) is 1.58. The number of carbonyl (C=O) groups excluding carboxylic acids is 1. The molecule has 1 saturated carbocycles. The lowest BCUT2D eigenvalue weighted by molar-refractivity contribution is -0.109. The molecule has 0 N–H and O–H groups in total. The van der Waals surface area contributed by atoms with Crippen LogP contribution in [-0.4, -0.2) is 6.29 Å². The van der Waals surface area contributed by atoms with Crippen LogP contribution in [0.3, 0.4) is 0 Å². The van der Waals surface area contributed by atoms with Gasteiger partial charge in [-0.25, -0.2) is 0 Å². The third kappa shape index (κ3) is 0.619. The zero-order chi connectivity index (χ0) is 8.13. The van der Waals surface area contributed by atoms with Crippen molar-refractivity contribution in [1.82, 2.24) is 0 Å². The third-order valence-corrected chi connectivity index (χ3v) is 3.26. The number of hydrogen-bond acceptors (Lipinski definition) is 1. The molecular formula is C11H10O. The van der Waals surface area contributed by atoms with Crippen molar-refractivity contribution in [2.75, 3.05) is 0 Å². The molecule has 0 heterocycles. The highest BCUT2D eigenvalue weighted by Gasteiger charge is 2.55. The van der Waals surface area contributed by atoms with Gasteiger partial charge in [-0.1, -0.05) is 24.3 Å². The van der Waals surface area contributed by atoms with Gasteiger partial charge in [0.1, 0.15) is 6.29 Å². The molecule has 2 aliphatic carbocycles. The molecule has 1 aromatic carbocycles. The van der Waals surface area contributed by atoms with Crippen LogP contribution in [0.2, 0.25) is 0 Å². The van der Waals surface area contributed by atoms with Gasteiger partial charge in [0.15, 0.2) is 0 Å². The summed E-state index contributed by atoms with van der Waals surface area (Å²) in [5.41, 5.74) is 2.89. The minimum atomic E-state index is 0.347. The lowest BCUT2D eigenvalue weighted by Gasteiger charge is -2.01. The number of benzene rings is 1. The number of carbonyl (C=O) groups is 1. The van der Waals surface area contributed by atoms with E-state index in [1.807, 2.05) is 0 Å². The summed E-state index contributed by atoms with van der Waals surface area (Å²) in [4.78, 5) is 10.6. The van der Waals surface area contributed by atoms with Crippen LogP contribution in [0.1, 0.15) is 17.0 Å². The molecule has 1 heteroatoms. The monoisotopic (exact) mass is 158 g/mol. The van der Waals surface area contributed by atoms with E-state index >= 15 is 0 Å². The SMILES string of the molecule is O=CC1C2Cc3ccccc3C12. The number of aldehydes is 1. The average Bonchev–Trinajstić information content (AvgIpc) is 2.68. The average molecular weight is 158 g/mol. The van der Waals surface area contributed by atoms with Crippen molar-refractivity contribution in [2.45, 2.75) is 12.3 Å². The highest BCUT2D eigenvalue weighted by atomic mass is 16.1. The van der Waals surface area contributed by atoms with Crippen molar-refractivity contribution in [2.24, 2.45) is 11.8 Å².